The second-order valence-corrected chi connectivity index (χ2v) is 6.82. The molecule has 0 bridgehead atoms. The fraction of sp³-hybridized carbons (Fsp3) is 0.217. The second kappa shape index (κ2) is 8.13. The third-order valence-electron chi connectivity index (χ3n) is 4.96. The standard InChI is InChI=1S/C23H22N2O3/c1-16-6-5-11-24-20(16)14-25-23(26)13-19(17-7-3-2-4-8-17)18-9-10-21-22(12-18)28-15-27-21/h2-12,19H,13-15H2,1H3,(H,25,26)/t19-/m0/s1. The lowest BCUT2D eigenvalue weighted by molar-refractivity contribution is -0.121. The summed E-state index contributed by atoms with van der Waals surface area (Å²) in [6.45, 7) is 2.65. The number of benzene rings is 2. The Morgan fingerprint density at radius 2 is 1.86 bits per heavy atom. The molecule has 5 nitrogen and oxygen atoms in total. The van der Waals surface area contributed by atoms with Crippen LogP contribution in [0.5, 0.6) is 11.5 Å². The fourth-order valence-corrected chi connectivity index (χ4v) is 3.39. The van der Waals surface area contributed by atoms with Crippen LogP contribution in [0.1, 0.15) is 34.7 Å². The van der Waals surface area contributed by atoms with E-state index in [2.05, 4.69) is 10.3 Å². The highest BCUT2D eigenvalue weighted by atomic mass is 16.7. The van der Waals surface area contributed by atoms with Crippen molar-refractivity contribution >= 4 is 5.91 Å². The molecule has 0 spiro atoms. The Labute approximate surface area is 164 Å². The van der Waals surface area contributed by atoms with E-state index in [-0.39, 0.29) is 18.6 Å². The van der Waals surface area contributed by atoms with Crippen LogP contribution in [0, 0.1) is 6.92 Å². The lowest BCUT2D eigenvalue weighted by Crippen LogP contribution is -2.25. The molecule has 4 rings (SSSR count). The summed E-state index contributed by atoms with van der Waals surface area (Å²) in [5, 5.41) is 3.00. The van der Waals surface area contributed by atoms with Crippen molar-refractivity contribution in [3.8, 4) is 11.5 Å². The summed E-state index contributed by atoms with van der Waals surface area (Å²) in [6, 6.07) is 19.8. The van der Waals surface area contributed by atoms with E-state index in [4.69, 9.17) is 9.47 Å². The highest BCUT2D eigenvalue weighted by molar-refractivity contribution is 5.77. The summed E-state index contributed by atoms with van der Waals surface area (Å²) in [5.41, 5.74) is 4.07. The zero-order valence-corrected chi connectivity index (χ0v) is 15.7. The van der Waals surface area contributed by atoms with Crippen LogP contribution in [0.15, 0.2) is 66.9 Å². The number of pyridine rings is 1. The van der Waals surface area contributed by atoms with Crippen molar-refractivity contribution in [1.29, 1.82) is 0 Å². The minimum Gasteiger partial charge on any atom is -0.454 e. The summed E-state index contributed by atoms with van der Waals surface area (Å²) in [4.78, 5) is 17.1. The van der Waals surface area contributed by atoms with Crippen LogP contribution in [0.3, 0.4) is 0 Å². The smallest absolute Gasteiger partial charge is 0.231 e. The van der Waals surface area contributed by atoms with E-state index in [9.17, 15) is 4.79 Å². The zero-order chi connectivity index (χ0) is 19.3. The van der Waals surface area contributed by atoms with Crippen molar-refractivity contribution in [3.63, 3.8) is 0 Å². The van der Waals surface area contributed by atoms with Crippen molar-refractivity contribution in [2.45, 2.75) is 25.8 Å². The summed E-state index contributed by atoms with van der Waals surface area (Å²) in [7, 11) is 0. The third-order valence-corrected chi connectivity index (χ3v) is 4.96. The molecule has 1 aliphatic rings. The number of ether oxygens (including phenoxy) is 2. The summed E-state index contributed by atoms with van der Waals surface area (Å²) in [5.74, 6) is 1.38. The van der Waals surface area contributed by atoms with Gasteiger partial charge in [0.15, 0.2) is 11.5 Å². The molecule has 5 heteroatoms. The van der Waals surface area contributed by atoms with Crippen LogP contribution in [0.4, 0.5) is 0 Å². The maximum absolute atomic E-state index is 12.7. The van der Waals surface area contributed by atoms with Gasteiger partial charge in [-0.05, 0) is 41.8 Å². The first kappa shape index (κ1) is 18.0. The van der Waals surface area contributed by atoms with Crippen LogP contribution in [0.25, 0.3) is 0 Å². The molecule has 0 aliphatic carbocycles. The second-order valence-electron chi connectivity index (χ2n) is 6.82. The topological polar surface area (TPSA) is 60.5 Å². The maximum atomic E-state index is 12.7. The molecule has 0 unspecified atom stereocenters. The molecule has 0 fully saturated rings. The van der Waals surface area contributed by atoms with Crippen molar-refractivity contribution in [3.05, 3.63) is 89.2 Å². The first-order valence-corrected chi connectivity index (χ1v) is 9.32. The minimum absolute atomic E-state index is 0.0171. The molecular weight excluding hydrogens is 352 g/mol. The van der Waals surface area contributed by atoms with E-state index in [0.717, 1.165) is 33.9 Å². The van der Waals surface area contributed by atoms with Gasteiger partial charge in [-0.15, -0.1) is 0 Å². The molecule has 2 heterocycles. The number of carbonyl (C=O) groups is 1. The Morgan fingerprint density at radius 1 is 1.04 bits per heavy atom. The maximum Gasteiger partial charge on any atom is 0.231 e. The van der Waals surface area contributed by atoms with E-state index in [1.54, 1.807) is 6.20 Å². The van der Waals surface area contributed by atoms with Gasteiger partial charge >= 0.3 is 0 Å². The molecular formula is C23H22N2O3. The van der Waals surface area contributed by atoms with E-state index in [0.29, 0.717) is 13.0 Å². The first-order chi connectivity index (χ1) is 13.7. The van der Waals surface area contributed by atoms with Gasteiger partial charge in [-0.25, -0.2) is 0 Å². The molecule has 0 radical (unpaired) electrons. The van der Waals surface area contributed by atoms with Crippen LogP contribution >= 0.6 is 0 Å². The SMILES string of the molecule is Cc1cccnc1CNC(=O)C[C@@H](c1ccccc1)c1ccc2c(c1)OCO2. The predicted octanol–water partition coefficient (Wildman–Crippen LogP) is 3.96. The molecule has 28 heavy (non-hydrogen) atoms. The fourth-order valence-electron chi connectivity index (χ4n) is 3.39. The number of hydrogen-bond donors (Lipinski definition) is 1. The molecule has 3 aromatic rings. The quantitative estimate of drug-likeness (QED) is 0.710. The Kier molecular flexibility index (Phi) is 5.24. The molecule has 142 valence electrons. The van der Waals surface area contributed by atoms with Gasteiger partial charge in [-0.2, -0.15) is 0 Å². The lowest BCUT2D eigenvalue weighted by Gasteiger charge is -2.18. The van der Waals surface area contributed by atoms with Gasteiger partial charge in [0, 0.05) is 18.5 Å². The van der Waals surface area contributed by atoms with Gasteiger partial charge in [-0.3, -0.25) is 9.78 Å². The van der Waals surface area contributed by atoms with Crippen molar-refractivity contribution in [2.75, 3.05) is 6.79 Å². The number of amides is 1. The molecule has 2 aromatic carbocycles. The van der Waals surface area contributed by atoms with Crippen molar-refractivity contribution in [1.82, 2.24) is 10.3 Å². The van der Waals surface area contributed by atoms with Crippen LogP contribution in [-0.2, 0) is 11.3 Å². The molecule has 1 atom stereocenters. The van der Waals surface area contributed by atoms with Gasteiger partial charge in [0.2, 0.25) is 12.7 Å². The molecule has 1 aliphatic heterocycles. The number of rotatable bonds is 6. The van der Waals surface area contributed by atoms with E-state index in [1.165, 1.54) is 0 Å². The first-order valence-electron chi connectivity index (χ1n) is 9.32. The van der Waals surface area contributed by atoms with Gasteiger partial charge < -0.3 is 14.8 Å². The summed E-state index contributed by atoms with van der Waals surface area (Å²) < 4.78 is 10.9. The molecule has 1 amide bonds. The highest BCUT2D eigenvalue weighted by Gasteiger charge is 2.22. The van der Waals surface area contributed by atoms with Gasteiger partial charge in [-0.1, -0.05) is 42.5 Å². The van der Waals surface area contributed by atoms with Gasteiger partial charge in [0.1, 0.15) is 0 Å². The Hall–Kier alpha value is -3.34. The van der Waals surface area contributed by atoms with E-state index >= 15 is 0 Å². The average Bonchev–Trinajstić information content (AvgIpc) is 3.20. The normalized spacial score (nSPS) is 13.2. The van der Waals surface area contributed by atoms with Crippen LogP contribution in [-0.4, -0.2) is 17.7 Å². The highest BCUT2D eigenvalue weighted by Crippen LogP contribution is 2.37. The zero-order valence-electron chi connectivity index (χ0n) is 15.7. The summed E-state index contributed by atoms with van der Waals surface area (Å²) in [6.07, 6.45) is 2.09. The summed E-state index contributed by atoms with van der Waals surface area (Å²) >= 11 is 0. The molecule has 1 N–H and O–H groups in total. The number of nitrogens with one attached hydrogen (secondary N) is 1. The number of nitrogens with zero attached hydrogens (tertiary/aromatic N) is 1. The van der Waals surface area contributed by atoms with Gasteiger partial charge in [0.25, 0.3) is 0 Å². The van der Waals surface area contributed by atoms with Crippen molar-refractivity contribution in [2.24, 2.45) is 0 Å². The minimum atomic E-state index is -0.0690. The van der Waals surface area contributed by atoms with E-state index < -0.39 is 0 Å². The van der Waals surface area contributed by atoms with Crippen LogP contribution in [0.2, 0.25) is 0 Å². The largest absolute Gasteiger partial charge is 0.454 e. The number of carbonyl (C=O) groups excluding carboxylic acids is 1. The average molecular weight is 374 g/mol. The number of fused-ring (bicyclic) bond motifs is 1. The number of aromatic nitrogens is 1. The Balaban J connectivity index is 1.53. The van der Waals surface area contributed by atoms with Gasteiger partial charge in [0.05, 0.1) is 12.2 Å². The Bertz CT molecular complexity index is 973. The number of hydrogen-bond acceptors (Lipinski definition) is 4. The molecule has 1 aromatic heterocycles. The third kappa shape index (κ3) is 3.98. The number of aryl methyl sites for hydroxylation is 1. The monoisotopic (exact) mass is 374 g/mol. The van der Waals surface area contributed by atoms with Crippen LogP contribution < -0.4 is 14.8 Å². The van der Waals surface area contributed by atoms with E-state index in [1.807, 2.05) is 67.6 Å². The molecule has 0 saturated heterocycles. The predicted molar refractivity (Wildman–Crippen MR) is 106 cm³/mol. The molecule has 0 saturated carbocycles. The Morgan fingerprint density at radius 3 is 2.68 bits per heavy atom. The van der Waals surface area contributed by atoms with Crippen molar-refractivity contribution < 1.29 is 14.3 Å². The lowest BCUT2D eigenvalue weighted by atomic mass is 9.88.